The van der Waals surface area contributed by atoms with E-state index < -0.39 is 40.6 Å². The van der Waals surface area contributed by atoms with Gasteiger partial charge in [0.25, 0.3) is 11.8 Å². The van der Waals surface area contributed by atoms with Crippen molar-refractivity contribution in [1.29, 1.82) is 0 Å². The van der Waals surface area contributed by atoms with Gasteiger partial charge in [-0.1, -0.05) is 42.7 Å². The zero-order valence-corrected chi connectivity index (χ0v) is 19.0. The number of para-hydroxylation sites is 2. The van der Waals surface area contributed by atoms with Crippen LogP contribution in [0.5, 0.6) is 0 Å². The fourth-order valence-corrected chi connectivity index (χ4v) is 5.31. The molecule has 0 radical (unpaired) electrons. The van der Waals surface area contributed by atoms with Crippen molar-refractivity contribution in [2.45, 2.75) is 43.0 Å². The Bertz CT molecular complexity index is 1190. The monoisotopic (exact) mass is 471 g/mol. The molecule has 1 heterocycles. The molecule has 33 heavy (non-hydrogen) atoms. The van der Waals surface area contributed by atoms with Crippen molar-refractivity contribution < 1.29 is 27.5 Å². The number of sulfonamides is 1. The number of amides is 2. The van der Waals surface area contributed by atoms with Gasteiger partial charge in [-0.05, 0) is 44.0 Å². The summed E-state index contributed by atoms with van der Waals surface area (Å²) < 4.78 is 31.9. The minimum absolute atomic E-state index is 0.0242. The first kappa shape index (κ1) is 22.9. The molecule has 1 spiro atoms. The van der Waals surface area contributed by atoms with Gasteiger partial charge in [-0.15, -0.1) is 0 Å². The van der Waals surface area contributed by atoms with E-state index in [4.69, 9.17) is 4.74 Å². The van der Waals surface area contributed by atoms with Gasteiger partial charge in [-0.25, -0.2) is 8.42 Å². The predicted molar refractivity (Wildman–Crippen MR) is 121 cm³/mol. The van der Waals surface area contributed by atoms with E-state index in [1.165, 1.54) is 17.0 Å². The maximum atomic E-state index is 13.2. The summed E-state index contributed by atoms with van der Waals surface area (Å²) in [5, 5.41) is 2.88. The number of carbonyl (C=O) groups is 3. The Morgan fingerprint density at radius 2 is 1.76 bits per heavy atom. The number of aryl methyl sites for hydroxylation is 1. The molecule has 2 aromatic carbocycles. The molecule has 2 aromatic rings. The number of nitrogens with one attached hydrogen (secondary N) is 2. The number of anilines is 2. The minimum atomic E-state index is -3.90. The SMILES string of the molecule is Cc1ccc(S(=O)(=O)NCC(=O)OCC(=O)N2c3ccccc3NC(=O)C23CCCC3)cc1. The number of carbonyl (C=O) groups excluding carboxylic acids is 3. The molecule has 1 fully saturated rings. The average molecular weight is 472 g/mol. The molecule has 0 unspecified atom stereocenters. The Morgan fingerprint density at radius 1 is 1.09 bits per heavy atom. The number of nitrogens with zero attached hydrogens (tertiary/aromatic N) is 1. The fourth-order valence-electron chi connectivity index (χ4n) is 4.34. The van der Waals surface area contributed by atoms with E-state index in [9.17, 15) is 22.8 Å². The number of benzene rings is 2. The molecule has 0 atom stereocenters. The lowest BCUT2D eigenvalue weighted by atomic mass is 9.90. The minimum Gasteiger partial charge on any atom is -0.455 e. The van der Waals surface area contributed by atoms with Crippen LogP contribution >= 0.6 is 0 Å². The van der Waals surface area contributed by atoms with Crippen LogP contribution in [0.2, 0.25) is 0 Å². The summed E-state index contributed by atoms with van der Waals surface area (Å²) in [5.41, 5.74) is 0.968. The van der Waals surface area contributed by atoms with E-state index >= 15 is 0 Å². The molecule has 0 aromatic heterocycles. The van der Waals surface area contributed by atoms with E-state index in [2.05, 4.69) is 10.0 Å². The maximum Gasteiger partial charge on any atom is 0.321 e. The molecule has 4 rings (SSSR count). The lowest BCUT2D eigenvalue weighted by molar-refractivity contribution is -0.147. The lowest BCUT2D eigenvalue weighted by Crippen LogP contribution is -2.61. The molecule has 2 amide bonds. The van der Waals surface area contributed by atoms with Crippen LogP contribution in [0.25, 0.3) is 0 Å². The molecule has 1 aliphatic carbocycles. The number of ether oxygens (including phenoxy) is 1. The smallest absolute Gasteiger partial charge is 0.321 e. The quantitative estimate of drug-likeness (QED) is 0.623. The fraction of sp³-hybridized carbons (Fsp3) is 0.348. The predicted octanol–water partition coefficient (Wildman–Crippen LogP) is 2.11. The third-order valence-electron chi connectivity index (χ3n) is 6.02. The summed E-state index contributed by atoms with van der Waals surface area (Å²) in [4.78, 5) is 39.7. The Morgan fingerprint density at radius 3 is 2.45 bits per heavy atom. The van der Waals surface area contributed by atoms with Gasteiger partial charge in [-0.3, -0.25) is 19.3 Å². The summed E-state index contributed by atoms with van der Waals surface area (Å²) in [7, 11) is -3.90. The zero-order valence-electron chi connectivity index (χ0n) is 18.2. The second-order valence-electron chi connectivity index (χ2n) is 8.24. The number of fused-ring (bicyclic) bond motifs is 1. The Labute approximate surface area is 192 Å². The van der Waals surface area contributed by atoms with Crippen LogP contribution in [-0.4, -0.2) is 44.9 Å². The third-order valence-corrected chi connectivity index (χ3v) is 7.44. The van der Waals surface area contributed by atoms with Crippen molar-refractivity contribution in [3.05, 3.63) is 54.1 Å². The van der Waals surface area contributed by atoms with Crippen LogP contribution in [-0.2, 0) is 29.1 Å². The van der Waals surface area contributed by atoms with Crippen molar-refractivity contribution in [3.8, 4) is 0 Å². The largest absolute Gasteiger partial charge is 0.455 e. The van der Waals surface area contributed by atoms with E-state index in [-0.39, 0.29) is 10.8 Å². The molecule has 1 aliphatic heterocycles. The van der Waals surface area contributed by atoms with Crippen molar-refractivity contribution in [2.24, 2.45) is 0 Å². The molecular formula is C23H25N3O6S. The van der Waals surface area contributed by atoms with Gasteiger partial charge in [0.15, 0.2) is 6.61 Å². The Hall–Kier alpha value is -3.24. The van der Waals surface area contributed by atoms with E-state index in [0.717, 1.165) is 18.4 Å². The lowest BCUT2D eigenvalue weighted by Gasteiger charge is -2.44. The number of hydrogen-bond donors (Lipinski definition) is 2. The van der Waals surface area contributed by atoms with Gasteiger partial charge in [0, 0.05) is 0 Å². The normalized spacial score (nSPS) is 16.9. The van der Waals surface area contributed by atoms with Gasteiger partial charge in [-0.2, -0.15) is 4.72 Å². The molecule has 9 nitrogen and oxygen atoms in total. The van der Waals surface area contributed by atoms with Crippen molar-refractivity contribution in [3.63, 3.8) is 0 Å². The Balaban J connectivity index is 1.43. The topological polar surface area (TPSA) is 122 Å². The molecular weight excluding hydrogens is 446 g/mol. The van der Waals surface area contributed by atoms with Crippen LogP contribution in [0.4, 0.5) is 11.4 Å². The van der Waals surface area contributed by atoms with Gasteiger partial charge in [0.1, 0.15) is 12.1 Å². The number of rotatable bonds is 6. The number of hydrogen-bond acceptors (Lipinski definition) is 6. The summed E-state index contributed by atoms with van der Waals surface area (Å²) in [6.07, 6.45) is 2.65. The molecule has 0 saturated heterocycles. The zero-order chi connectivity index (χ0) is 23.6. The highest BCUT2D eigenvalue weighted by Gasteiger charge is 2.52. The van der Waals surface area contributed by atoms with Crippen LogP contribution in [0.1, 0.15) is 31.2 Å². The highest BCUT2D eigenvalue weighted by Crippen LogP contribution is 2.45. The molecule has 2 N–H and O–H groups in total. The van der Waals surface area contributed by atoms with E-state index in [0.29, 0.717) is 24.2 Å². The molecule has 174 valence electrons. The molecule has 0 bridgehead atoms. The van der Waals surface area contributed by atoms with E-state index in [1.54, 1.807) is 36.4 Å². The summed E-state index contributed by atoms with van der Waals surface area (Å²) in [6.45, 7) is 0.610. The molecule has 2 aliphatic rings. The van der Waals surface area contributed by atoms with Crippen molar-refractivity contribution in [2.75, 3.05) is 23.4 Å². The van der Waals surface area contributed by atoms with Crippen LogP contribution < -0.4 is 14.9 Å². The standard InChI is InChI=1S/C23H25N3O6S/c1-16-8-10-17(11-9-16)33(30,31)24-14-21(28)32-15-20(27)26-19-7-3-2-6-18(19)25-22(29)23(26)12-4-5-13-23/h2-3,6-11,24H,4-5,12-15H2,1H3,(H,25,29). The second-order valence-corrected chi connectivity index (χ2v) is 10.0. The van der Waals surface area contributed by atoms with Gasteiger partial charge in [0.05, 0.1) is 16.3 Å². The summed E-state index contributed by atoms with van der Waals surface area (Å²) >= 11 is 0. The van der Waals surface area contributed by atoms with Crippen LogP contribution in [0.15, 0.2) is 53.4 Å². The summed E-state index contributed by atoms with van der Waals surface area (Å²) in [6, 6.07) is 13.2. The maximum absolute atomic E-state index is 13.2. The molecule has 10 heteroatoms. The van der Waals surface area contributed by atoms with Crippen molar-refractivity contribution >= 4 is 39.2 Å². The second kappa shape index (κ2) is 8.95. The molecule has 1 saturated carbocycles. The number of esters is 1. The highest BCUT2D eigenvalue weighted by molar-refractivity contribution is 7.89. The first-order valence-electron chi connectivity index (χ1n) is 10.7. The van der Waals surface area contributed by atoms with Crippen LogP contribution in [0.3, 0.4) is 0 Å². The van der Waals surface area contributed by atoms with Gasteiger partial charge < -0.3 is 10.1 Å². The highest BCUT2D eigenvalue weighted by atomic mass is 32.2. The summed E-state index contributed by atoms with van der Waals surface area (Å²) in [5.74, 6) is -1.67. The first-order chi connectivity index (χ1) is 15.7. The van der Waals surface area contributed by atoms with E-state index in [1.807, 2.05) is 6.92 Å². The van der Waals surface area contributed by atoms with Crippen molar-refractivity contribution in [1.82, 2.24) is 4.72 Å². The van der Waals surface area contributed by atoms with Crippen LogP contribution in [0, 0.1) is 6.92 Å². The Kier molecular flexibility index (Phi) is 6.22. The third kappa shape index (κ3) is 4.49. The van der Waals surface area contributed by atoms with Gasteiger partial charge in [0.2, 0.25) is 10.0 Å². The first-order valence-corrected chi connectivity index (χ1v) is 12.2. The van der Waals surface area contributed by atoms with Gasteiger partial charge >= 0.3 is 5.97 Å². The average Bonchev–Trinajstić information content (AvgIpc) is 3.28.